The van der Waals surface area contributed by atoms with Crippen LogP contribution in [0, 0.1) is 5.92 Å². The number of halogens is 1. The molecule has 0 saturated carbocycles. The molecule has 0 amide bonds. The van der Waals surface area contributed by atoms with Crippen LogP contribution in [0.15, 0.2) is 22.7 Å². The molecule has 2 N–H and O–H groups in total. The van der Waals surface area contributed by atoms with Gasteiger partial charge in [-0.1, -0.05) is 42.0 Å². The van der Waals surface area contributed by atoms with Crippen LogP contribution in [0.5, 0.6) is 5.75 Å². The molecule has 0 aliphatic rings. The molecule has 0 radical (unpaired) electrons. The fraction of sp³-hybridized carbons (Fsp3) is 0.364. The number of benzene rings is 1. The van der Waals surface area contributed by atoms with E-state index >= 15 is 0 Å². The Bertz CT molecular complexity index is 366. The number of ether oxygens (including phenoxy) is 1. The van der Waals surface area contributed by atoms with Crippen molar-refractivity contribution in [2.45, 2.75) is 13.8 Å². The van der Waals surface area contributed by atoms with Crippen molar-refractivity contribution in [1.29, 1.82) is 0 Å². The Morgan fingerprint density at radius 3 is 2.73 bits per heavy atom. The SMILES string of the molecule is CC(C)COc1cc(Br)ccc1C(N)=S. The van der Waals surface area contributed by atoms with Gasteiger partial charge in [-0.25, -0.2) is 0 Å². The molecule has 15 heavy (non-hydrogen) atoms. The van der Waals surface area contributed by atoms with Crippen molar-refractivity contribution in [1.82, 2.24) is 0 Å². The van der Waals surface area contributed by atoms with Crippen LogP contribution >= 0.6 is 28.1 Å². The molecule has 0 aromatic heterocycles. The number of hydrogen-bond donors (Lipinski definition) is 1. The smallest absolute Gasteiger partial charge is 0.130 e. The highest BCUT2D eigenvalue weighted by Crippen LogP contribution is 2.24. The van der Waals surface area contributed by atoms with Gasteiger partial charge in [-0.3, -0.25) is 0 Å². The lowest BCUT2D eigenvalue weighted by Crippen LogP contribution is -2.13. The second-order valence-electron chi connectivity index (χ2n) is 3.71. The van der Waals surface area contributed by atoms with E-state index in [1.165, 1.54) is 0 Å². The lowest BCUT2D eigenvalue weighted by atomic mass is 10.2. The van der Waals surface area contributed by atoms with E-state index in [1.54, 1.807) is 0 Å². The van der Waals surface area contributed by atoms with E-state index in [0.717, 1.165) is 15.8 Å². The minimum absolute atomic E-state index is 0.362. The molecule has 1 rings (SSSR count). The van der Waals surface area contributed by atoms with Gasteiger partial charge in [-0.2, -0.15) is 0 Å². The largest absolute Gasteiger partial charge is 0.493 e. The van der Waals surface area contributed by atoms with Gasteiger partial charge in [0.05, 0.1) is 12.2 Å². The number of rotatable bonds is 4. The summed E-state index contributed by atoms with van der Waals surface area (Å²) >= 11 is 8.34. The van der Waals surface area contributed by atoms with Crippen molar-refractivity contribution in [2.24, 2.45) is 11.7 Å². The average molecular weight is 288 g/mol. The Kier molecular flexibility index (Phi) is 4.54. The highest BCUT2D eigenvalue weighted by molar-refractivity contribution is 9.10. The second-order valence-corrected chi connectivity index (χ2v) is 5.07. The first-order valence-corrected chi connectivity index (χ1v) is 5.93. The zero-order chi connectivity index (χ0) is 11.4. The van der Waals surface area contributed by atoms with Crippen molar-refractivity contribution in [3.8, 4) is 5.75 Å². The van der Waals surface area contributed by atoms with Gasteiger partial charge >= 0.3 is 0 Å². The third kappa shape index (κ3) is 3.80. The summed E-state index contributed by atoms with van der Waals surface area (Å²) in [5, 5.41) is 0. The normalized spacial score (nSPS) is 10.4. The van der Waals surface area contributed by atoms with Crippen LogP contribution < -0.4 is 10.5 Å². The van der Waals surface area contributed by atoms with Gasteiger partial charge < -0.3 is 10.5 Å². The number of hydrogen-bond acceptors (Lipinski definition) is 2. The van der Waals surface area contributed by atoms with Crippen LogP contribution in [0.25, 0.3) is 0 Å². The Morgan fingerprint density at radius 2 is 2.20 bits per heavy atom. The maximum atomic E-state index is 5.64. The third-order valence-corrected chi connectivity index (χ3v) is 2.49. The summed E-state index contributed by atoms with van der Waals surface area (Å²) in [6.45, 7) is 4.85. The lowest BCUT2D eigenvalue weighted by molar-refractivity contribution is 0.270. The summed E-state index contributed by atoms with van der Waals surface area (Å²) in [5.41, 5.74) is 6.39. The predicted molar refractivity (Wildman–Crippen MR) is 70.4 cm³/mol. The minimum Gasteiger partial charge on any atom is -0.493 e. The molecule has 0 bridgehead atoms. The zero-order valence-electron chi connectivity index (χ0n) is 8.79. The molecule has 0 aliphatic heterocycles. The van der Waals surface area contributed by atoms with Crippen molar-refractivity contribution >= 4 is 33.1 Å². The fourth-order valence-electron chi connectivity index (χ4n) is 1.08. The Labute approximate surface area is 104 Å². The Hall–Kier alpha value is -0.610. The van der Waals surface area contributed by atoms with Gasteiger partial charge in [0.15, 0.2) is 0 Å². The van der Waals surface area contributed by atoms with E-state index in [9.17, 15) is 0 Å². The first kappa shape index (κ1) is 12.5. The maximum Gasteiger partial charge on any atom is 0.130 e. The molecule has 0 atom stereocenters. The molecule has 0 unspecified atom stereocenters. The summed E-state index contributed by atoms with van der Waals surface area (Å²) in [6.07, 6.45) is 0. The number of nitrogens with two attached hydrogens (primary N) is 1. The summed E-state index contributed by atoms with van der Waals surface area (Å²) in [4.78, 5) is 0.362. The highest BCUT2D eigenvalue weighted by Gasteiger charge is 2.07. The van der Waals surface area contributed by atoms with E-state index in [-0.39, 0.29) is 0 Å². The standard InChI is InChI=1S/C11H14BrNOS/c1-7(2)6-14-10-5-8(12)3-4-9(10)11(13)15/h3-5,7H,6H2,1-2H3,(H2,13,15). The molecule has 2 nitrogen and oxygen atoms in total. The first-order chi connectivity index (χ1) is 7.00. The van der Waals surface area contributed by atoms with Gasteiger partial charge in [0.25, 0.3) is 0 Å². The molecule has 0 heterocycles. The highest BCUT2D eigenvalue weighted by atomic mass is 79.9. The van der Waals surface area contributed by atoms with Gasteiger partial charge in [-0.05, 0) is 24.1 Å². The van der Waals surface area contributed by atoms with Crippen molar-refractivity contribution in [2.75, 3.05) is 6.61 Å². The van der Waals surface area contributed by atoms with Crippen LogP contribution in [0.3, 0.4) is 0 Å². The monoisotopic (exact) mass is 287 g/mol. The molecule has 4 heteroatoms. The molecule has 0 spiro atoms. The molecule has 0 aliphatic carbocycles. The quantitative estimate of drug-likeness (QED) is 0.865. The van der Waals surface area contributed by atoms with E-state index in [4.69, 9.17) is 22.7 Å². The molecule has 1 aromatic rings. The molecule has 1 aromatic carbocycles. The third-order valence-electron chi connectivity index (χ3n) is 1.78. The van der Waals surface area contributed by atoms with Gasteiger partial charge in [-0.15, -0.1) is 0 Å². The summed E-state index contributed by atoms with van der Waals surface area (Å²) < 4.78 is 6.60. The van der Waals surface area contributed by atoms with Gasteiger partial charge in [0, 0.05) is 4.47 Å². The Morgan fingerprint density at radius 1 is 1.53 bits per heavy atom. The molecule has 82 valence electrons. The van der Waals surface area contributed by atoms with E-state index in [1.807, 2.05) is 18.2 Å². The summed E-state index contributed by atoms with van der Waals surface area (Å²) in [5.74, 6) is 1.22. The first-order valence-electron chi connectivity index (χ1n) is 4.73. The molecule has 0 fully saturated rings. The van der Waals surface area contributed by atoms with E-state index in [2.05, 4.69) is 29.8 Å². The number of thiocarbonyl (C=S) groups is 1. The average Bonchev–Trinajstić information content (AvgIpc) is 2.14. The van der Waals surface area contributed by atoms with E-state index in [0.29, 0.717) is 17.5 Å². The van der Waals surface area contributed by atoms with Crippen molar-refractivity contribution < 1.29 is 4.74 Å². The zero-order valence-corrected chi connectivity index (χ0v) is 11.2. The Balaban J connectivity index is 2.92. The van der Waals surface area contributed by atoms with E-state index < -0.39 is 0 Å². The predicted octanol–water partition coefficient (Wildman–Crippen LogP) is 3.12. The summed E-state index contributed by atoms with van der Waals surface area (Å²) in [7, 11) is 0. The van der Waals surface area contributed by atoms with Crippen molar-refractivity contribution in [3.63, 3.8) is 0 Å². The fourth-order valence-corrected chi connectivity index (χ4v) is 1.58. The van der Waals surface area contributed by atoms with Gasteiger partial charge in [0.2, 0.25) is 0 Å². The van der Waals surface area contributed by atoms with Crippen LogP contribution in [-0.4, -0.2) is 11.6 Å². The summed E-state index contributed by atoms with van der Waals surface area (Å²) in [6, 6.07) is 5.65. The lowest BCUT2D eigenvalue weighted by Gasteiger charge is -2.12. The van der Waals surface area contributed by atoms with Crippen LogP contribution in [-0.2, 0) is 0 Å². The van der Waals surface area contributed by atoms with Gasteiger partial charge in [0.1, 0.15) is 10.7 Å². The molecular weight excluding hydrogens is 274 g/mol. The van der Waals surface area contributed by atoms with Crippen molar-refractivity contribution in [3.05, 3.63) is 28.2 Å². The van der Waals surface area contributed by atoms with Crippen LogP contribution in [0.1, 0.15) is 19.4 Å². The van der Waals surface area contributed by atoms with Crippen LogP contribution in [0.2, 0.25) is 0 Å². The molecule has 0 saturated heterocycles. The minimum atomic E-state index is 0.362. The topological polar surface area (TPSA) is 35.2 Å². The maximum absolute atomic E-state index is 5.64. The van der Waals surface area contributed by atoms with Crippen LogP contribution in [0.4, 0.5) is 0 Å². The molecular formula is C11H14BrNOS. The second kappa shape index (κ2) is 5.47.